The van der Waals surface area contributed by atoms with Gasteiger partial charge in [-0.05, 0) is 25.0 Å². The molecule has 2 nitrogen and oxygen atoms in total. The molecule has 16 heavy (non-hydrogen) atoms. The highest BCUT2D eigenvalue weighted by molar-refractivity contribution is 5.40. The Bertz CT molecular complexity index is 390. The van der Waals surface area contributed by atoms with E-state index in [1.807, 2.05) is 20.8 Å². The maximum Gasteiger partial charge on any atom is 0.130 e. The normalized spacial score (nSPS) is 28.8. The van der Waals surface area contributed by atoms with E-state index in [1.165, 1.54) is 6.07 Å². The summed E-state index contributed by atoms with van der Waals surface area (Å²) in [5.41, 5.74) is 0.517. The fraction of sp³-hybridized carbons (Fsp3) is 0.538. The van der Waals surface area contributed by atoms with Crippen molar-refractivity contribution in [1.82, 2.24) is 0 Å². The summed E-state index contributed by atoms with van der Waals surface area (Å²) < 4.78 is 19.3. The minimum absolute atomic E-state index is 0.178. The first kappa shape index (κ1) is 11.4. The molecule has 0 saturated carbocycles. The number of ether oxygens (including phenoxy) is 1. The van der Waals surface area contributed by atoms with E-state index in [-0.39, 0.29) is 23.8 Å². The van der Waals surface area contributed by atoms with Crippen LogP contribution < -0.4 is 4.74 Å². The lowest BCUT2D eigenvalue weighted by Crippen LogP contribution is -2.41. The molecule has 3 heteroatoms. The third-order valence-electron chi connectivity index (χ3n) is 3.23. The molecular formula is C13H17FO2. The highest BCUT2D eigenvalue weighted by atomic mass is 19.1. The summed E-state index contributed by atoms with van der Waals surface area (Å²) in [6.07, 6.45) is -0.939. The van der Waals surface area contributed by atoms with Crippen molar-refractivity contribution in [2.24, 2.45) is 5.92 Å². The molecule has 1 aromatic carbocycles. The van der Waals surface area contributed by atoms with Crippen LogP contribution in [0.1, 0.15) is 32.3 Å². The fourth-order valence-electron chi connectivity index (χ4n) is 2.40. The Labute approximate surface area is 95.1 Å². The first-order valence-electron chi connectivity index (χ1n) is 5.65. The van der Waals surface area contributed by atoms with Crippen molar-refractivity contribution >= 4 is 0 Å². The highest BCUT2D eigenvalue weighted by Gasteiger charge is 2.38. The van der Waals surface area contributed by atoms with Crippen molar-refractivity contribution in [2.75, 3.05) is 0 Å². The van der Waals surface area contributed by atoms with Crippen molar-refractivity contribution in [3.8, 4) is 5.75 Å². The zero-order valence-corrected chi connectivity index (χ0v) is 9.77. The van der Waals surface area contributed by atoms with Crippen molar-refractivity contribution < 1.29 is 14.2 Å². The minimum atomic E-state index is -0.649. The smallest absolute Gasteiger partial charge is 0.130 e. The van der Waals surface area contributed by atoms with E-state index in [4.69, 9.17) is 4.74 Å². The first-order valence-corrected chi connectivity index (χ1v) is 5.65. The molecule has 0 unspecified atom stereocenters. The van der Waals surface area contributed by atoms with Crippen LogP contribution in [0, 0.1) is 11.7 Å². The molecule has 0 spiro atoms. The van der Waals surface area contributed by atoms with Gasteiger partial charge in [0.05, 0.1) is 6.10 Å². The van der Waals surface area contributed by atoms with Gasteiger partial charge in [0.25, 0.3) is 0 Å². The maximum atomic E-state index is 13.8. The molecule has 0 aliphatic carbocycles. The predicted octanol–water partition coefficient (Wildman–Crippen LogP) is 2.71. The molecule has 1 aliphatic rings. The molecule has 1 N–H and O–H groups in total. The minimum Gasteiger partial charge on any atom is -0.488 e. The molecule has 3 atom stereocenters. The fourth-order valence-corrected chi connectivity index (χ4v) is 2.40. The Morgan fingerprint density at radius 3 is 2.69 bits per heavy atom. The number of halogens is 1. The quantitative estimate of drug-likeness (QED) is 0.794. The second kappa shape index (κ2) is 4.06. The Morgan fingerprint density at radius 2 is 2.06 bits per heavy atom. The molecule has 0 radical (unpaired) electrons. The lowest BCUT2D eigenvalue weighted by molar-refractivity contribution is -0.00174. The van der Waals surface area contributed by atoms with E-state index in [0.29, 0.717) is 11.3 Å². The standard InChI is InChI=1S/C13H17FO2/c1-7(2)11-12-9(14)5-4-6-10(12)16-8(3)13(11)15/h4-8,11,13,15H,1-3H3/t8-,11-,13-/m1/s1. The van der Waals surface area contributed by atoms with Crippen LogP contribution in [-0.2, 0) is 0 Å². The second-order valence-electron chi connectivity index (χ2n) is 4.74. The van der Waals surface area contributed by atoms with Gasteiger partial charge in [0, 0.05) is 11.5 Å². The van der Waals surface area contributed by atoms with Gasteiger partial charge in [-0.3, -0.25) is 0 Å². The second-order valence-corrected chi connectivity index (χ2v) is 4.74. The van der Waals surface area contributed by atoms with E-state index < -0.39 is 6.10 Å². The Morgan fingerprint density at radius 1 is 1.38 bits per heavy atom. The van der Waals surface area contributed by atoms with Gasteiger partial charge in [-0.25, -0.2) is 4.39 Å². The molecule has 0 aromatic heterocycles. The number of aliphatic hydroxyl groups is 1. The molecule has 1 aliphatic heterocycles. The molecule has 0 saturated heterocycles. The largest absolute Gasteiger partial charge is 0.488 e. The molecule has 1 heterocycles. The molecule has 0 bridgehead atoms. The number of hydrogen-bond acceptors (Lipinski definition) is 2. The van der Waals surface area contributed by atoms with E-state index in [2.05, 4.69) is 0 Å². The number of fused-ring (bicyclic) bond motifs is 1. The van der Waals surface area contributed by atoms with Gasteiger partial charge in [-0.1, -0.05) is 19.9 Å². The van der Waals surface area contributed by atoms with Crippen molar-refractivity contribution in [3.05, 3.63) is 29.6 Å². The van der Waals surface area contributed by atoms with E-state index in [1.54, 1.807) is 12.1 Å². The van der Waals surface area contributed by atoms with Crippen molar-refractivity contribution in [1.29, 1.82) is 0 Å². The summed E-state index contributed by atoms with van der Waals surface area (Å²) in [6.45, 7) is 5.79. The maximum absolute atomic E-state index is 13.8. The SMILES string of the molecule is CC(C)[C@@H]1c2c(F)cccc2O[C@H](C)[C@H]1O. The molecular weight excluding hydrogens is 207 g/mol. The van der Waals surface area contributed by atoms with Gasteiger partial charge in [0.15, 0.2) is 0 Å². The zero-order valence-electron chi connectivity index (χ0n) is 9.77. The van der Waals surface area contributed by atoms with Crippen LogP contribution in [0.3, 0.4) is 0 Å². The average Bonchev–Trinajstić information content (AvgIpc) is 2.20. The van der Waals surface area contributed by atoms with Crippen LogP contribution in [0.25, 0.3) is 0 Å². The lowest BCUT2D eigenvalue weighted by atomic mass is 9.79. The molecule has 0 amide bonds. The van der Waals surface area contributed by atoms with Crippen LogP contribution >= 0.6 is 0 Å². The van der Waals surface area contributed by atoms with Crippen molar-refractivity contribution in [3.63, 3.8) is 0 Å². The van der Waals surface area contributed by atoms with Crippen LogP contribution in [0.4, 0.5) is 4.39 Å². The van der Waals surface area contributed by atoms with Gasteiger partial charge in [0.2, 0.25) is 0 Å². The van der Waals surface area contributed by atoms with Crippen LogP contribution in [0.2, 0.25) is 0 Å². The van der Waals surface area contributed by atoms with Crippen LogP contribution in [-0.4, -0.2) is 17.3 Å². The molecule has 0 fully saturated rings. The van der Waals surface area contributed by atoms with Crippen molar-refractivity contribution in [2.45, 2.75) is 38.9 Å². The molecule has 1 aromatic rings. The summed E-state index contributed by atoms with van der Waals surface area (Å²) in [4.78, 5) is 0. The topological polar surface area (TPSA) is 29.5 Å². The Kier molecular flexibility index (Phi) is 2.89. The lowest BCUT2D eigenvalue weighted by Gasteiger charge is -2.37. The first-order chi connectivity index (χ1) is 7.52. The Hall–Kier alpha value is -1.09. The third kappa shape index (κ3) is 1.69. The molecule has 2 rings (SSSR count). The van der Waals surface area contributed by atoms with Crippen LogP contribution in [0.15, 0.2) is 18.2 Å². The number of rotatable bonds is 1. The van der Waals surface area contributed by atoms with E-state index in [9.17, 15) is 9.50 Å². The van der Waals surface area contributed by atoms with Gasteiger partial charge in [-0.2, -0.15) is 0 Å². The van der Waals surface area contributed by atoms with Gasteiger partial charge in [-0.15, -0.1) is 0 Å². The number of aliphatic hydroxyl groups excluding tert-OH is 1. The monoisotopic (exact) mass is 224 g/mol. The summed E-state index contributed by atoms with van der Waals surface area (Å²) >= 11 is 0. The van der Waals surface area contributed by atoms with Gasteiger partial charge in [0.1, 0.15) is 17.7 Å². The Balaban J connectivity index is 2.54. The van der Waals surface area contributed by atoms with E-state index >= 15 is 0 Å². The third-order valence-corrected chi connectivity index (χ3v) is 3.23. The summed E-state index contributed by atoms with van der Waals surface area (Å²) in [7, 11) is 0. The molecule has 88 valence electrons. The number of hydrogen-bond donors (Lipinski definition) is 1. The number of benzene rings is 1. The predicted molar refractivity (Wildman–Crippen MR) is 60.1 cm³/mol. The zero-order chi connectivity index (χ0) is 11.9. The highest BCUT2D eigenvalue weighted by Crippen LogP contribution is 2.41. The average molecular weight is 224 g/mol. The van der Waals surface area contributed by atoms with E-state index in [0.717, 1.165) is 0 Å². The summed E-state index contributed by atoms with van der Waals surface area (Å²) in [5, 5.41) is 10.1. The summed E-state index contributed by atoms with van der Waals surface area (Å²) in [5.74, 6) is 0.260. The van der Waals surface area contributed by atoms with Gasteiger partial charge < -0.3 is 9.84 Å². The summed E-state index contributed by atoms with van der Waals surface area (Å²) in [6, 6.07) is 4.81. The van der Waals surface area contributed by atoms with Crippen LogP contribution in [0.5, 0.6) is 5.75 Å². The van der Waals surface area contributed by atoms with Gasteiger partial charge >= 0.3 is 0 Å².